The standard InChI is InChI=1S/C22H27Cl2N3O2/c1-4-11-27(13-20(28)25-19-12-17(23)9-10-18(19)24)14-21(29)26-22-15(3)7-6-8-16(22)5-2/h6-10,12H,4-5,11,13-14H2,1-3H3,(H,25,28)(H,26,29). The number of nitrogens with one attached hydrogen (secondary N) is 2. The Hall–Kier alpha value is -2.08. The lowest BCUT2D eigenvalue weighted by Gasteiger charge is -2.21. The van der Waals surface area contributed by atoms with Gasteiger partial charge in [0.05, 0.1) is 23.8 Å². The fourth-order valence-electron chi connectivity index (χ4n) is 3.10. The van der Waals surface area contributed by atoms with E-state index in [2.05, 4.69) is 17.6 Å². The molecule has 0 aliphatic carbocycles. The van der Waals surface area contributed by atoms with E-state index >= 15 is 0 Å². The lowest BCUT2D eigenvalue weighted by atomic mass is 10.1. The van der Waals surface area contributed by atoms with E-state index in [0.29, 0.717) is 22.3 Å². The number of amides is 2. The third-order valence-corrected chi connectivity index (χ3v) is 5.05. The zero-order chi connectivity index (χ0) is 21.4. The fraction of sp³-hybridized carbons (Fsp3) is 0.364. The normalized spacial score (nSPS) is 10.8. The highest BCUT2D eigenvalue weighted by Gasteiger charge is 2.16. The molecule has 2 amide bonds. The highest BCUT2D eigenvalue weighted by atomic mass is 35.5. The number of para-hydroxylation sites is 1. The first-order chi connectivity index (χ1) is 13.8. The molecular weight excluding hydrogens is 409 g/mol. The second-order valence-electron chi connectivity index (χ2n) is 6.89. The van der Waals surface area contributed by atoms with Gasteiger partial charge in [0.25, 0.3) is 0 Å². The van der Waals surface area contributed by atoms with Gasteiger partial charge < -0.3 is 10.6 Å². The van der Waals surface area contributed by atoms with Gasteiger partial charge in [0, 0.05) is 10.7 Å². The summed E-state index contributed by atoms with van der Waals surface area (Å²) in [5.74, 6) is -0.392. The first kappa shape index (κ1) is 23.2. The van der Waals surface area contributed by atoms with E-state index in [1.54, 1.807) is 18.2 Å². The molecule has 0 saturated heterocycles. The molecule has 7 heteroatoms. The van der Waals surface area contributed by atoms with Crippen molar-refractivity contribution in [2.24, 2.45) is 0 Å². The van der Waals surface area contributed by atoms with E-state index in [9.17, 15) is 9.59 Å². The molecule has 29 heavy (non-hydrogen) atoms. The number of aryl methyl sites for hydroxylation is 2. The maximum Gasteiger partial charge on any atom is 0.238 e. The molecule has 0 unspecified atom stereocenters. The number of halogens is 2. The zero-order valence-corrected chi connectivity index (χ0v) is 18.5. The summed E-state index contributed by atoms with van der Waals surface area (Å²) in [7, 11) is 0. The van der Waals surface area contributed by atoms with Gasteiger partial charge in [-0.1, -0.05) is 55.2 Å². The molecule has 0 radical (unpaired) electrons. The van der Waals surface area contributed by atoms with E-state index < -0.39 is 0 Å². The molecule has 0 aliphatic heterocycles. The van der Waals surface area contributed by atoms with Crippen molar-refractivity contribution in [3.8, 4) is 0 Å². The fourth-order valence-corrected chi connectivity index (χ4v) is 3.44. The lowest BCUT2D eigenvalue weighted by Crippen LogP contribution is -2.39. The van der Waals surface area contributed by atoms with Crippen LogP contribution in [0.3, 0.4) is 0 Å². The number of carbonyl (C=O) groups is 2. The predicted octanol–water partition coefficient (Wildman–Crippen LogP) is 5.15. The average molecular weight is 436 g/mol. The smallest absolute Gasteiger partial charge is 0.238 e. The van der Waals surface area contributed by atoms with Gasteiger partial charge in [0.1, 0.15) is 0 Å². The van der Waals surface area contributed by atoms with Gasteiger partial charge in [-0.3, -0.25) is 14.5 Å². The zero-order valence-electron chi connectivity index (χ0n) is 17.0. The van der Waals surface area contributed by atoms with Gasteiger partial charge >= 0.3 is 0 Å². The van der Waals surface area contributed by atoms with E-state index in [4.69, 9.17) is 23.2 Å². The Morgan fingerprint density at radius 3 is 2.34 bits per heavy atom. The molecule has 0 heterocycles. The molecule has 0 bridgehead atoms. The molecule has 0 spiro atoms. The Bertz CT molecular complexity index is 871. The van der Waals surface area contributed by atoms with Crippen LogP contribution < -0.4 is 10.6 Å². The predicted molar refractivity (Wildman–Crippen MR) is 121 cm³/mol. The number of hydrogen-bond donors (Lipinski definition) is 2. The summed E-state index contributed by atoms with van der Waals surface area (Å²) < 4.78 is 0. The molecule has 0 atom stereocenters. The lowest BCUT2D eigenvalue weighted by molar-refractivity contribution is -0.120. The van der Waals surface area contributed by atoms with Crippen molar-refractivity contribution in [3.63, 3.8) is 0 Å². The van der Waals surface area contributed by atoms with Gasteiger partial charge in [-0.25, -0.2) is 0 Å². The molecule has 0 saturated carbocycles. The Morgan fingerprint density at radius 1 is 1.00 bits per heavy atom. The minimum absolute atomic E-state index is 0.0819. The van der Waals surface area contributed by atoms with Gasteiger partial charge in [0.2, 0.25) is 11.8 Å². The number of hydrogen-bond acceptors (Lipinski definition) is 3. The molecule has 2 rings (SSSR count). The van der Waals surface area contributed by atoms with Crippen LogP contribution in [0, 0.1) is 6.92 Å². The minimum atomic E-state index is -0.249. The minimum Gasteiger partial charge on any atom is -0.324 e. The van der Waals surface area contributed by atoms with Crippen LogP contribution in [-0.4, -0.2) is 36.3 Å². The van der Waals surface area contributed by atoms with Crippen molar-refractivity contribution < 1.29 is 9.59 Å². The van der Waals surface area contributed by atoms with Crippen LogP contribution in [0.25, 0.3) is 0 Å². The molecule has 156 valence electrons. The average Bonchev–Trinajstić information content (AvgIpc) is 2.66. The van der Waals surface area contributed by atoms with Gasteiger partial charge in [-0.15, -0.1) is 0 Å². The van der Waals surface area contributed by atoms with Crippen LogP contribution >= 0.6 is 23.2 Å². The quantitative estimate of drug-likeness (QED) is 0.571. The second-order valence-corrected chi connectivity index (χ2v) is 7.74. The number of anilines is 2. The Morgan fingerprint density at radius 2 is 1.69 bits per heavy atom. The van der Waals surface area contributed by atoms with Crippen molar-refractivity contribution in [2.75, 3.05) is 30.3 Å². The summed E-state index contributed by atoms with van der Waals surface area (Å²) >= 11 is 12.1. The molecule has 2 aromatic rings. The second kappa shape index (κ2) is 11.2. The SMILES string of the molecule is CCCN(CC(=O)Nc1cc(Cl)ccc1Cl)CC(=O)Nc1c(C)cccc1CC. The van der Waals surface area contributed by atoms with Crippen LogP contribution in [0.2, 0.25) is 10.0 Å². The van der Waals surface area contributed by atoms with E-state index in [0.717, 1.165) is 29.7 Å². The van der Waals surface area contributed by atoms with E-state index in [-0.39, 0.29) is 24.9 Å². The summed E-state index contributed by atoms with van der Waals surface area (Å²) in [6, 6.07) is 10.9. The Kier molecular flexibility index (Phi) is 8.96. The molecule has 0 fully saturated rings. The van der Waals surface area contributed by atoms with Gasteiger partial charge in [-0.05, 0) is 55.6 Å². The van der Waals surface area contributed by atoms with Crippen LogP contribution in [0.15, 0.2) is 36.4 Å². The van der Waals surface area contributed by atoms with E-state index in [1.807, 2.05) is 36.9 Å². The Labute approximate surface area is 182 Å². The van der Waals surface area contributed by atoms with Gasteiger partial charge in [-0.2, -0.15) is 0 Å². The van der Waals surface area contributed by atoms with Crippen molar-refractivity contribution in [1.29, 1.82) is 0 Å². The topological polar surface area (TPSA) is 61.4 Å². The summed E-state index contributed by atoms with van der Waals surface area (Å²) in [6.07, 6.45) is 1.65. The highest BCUT2D eigenvalue weighted by molar-refractivity contribution is 6.35. The summed E-state index contributed by atoms with van der Waals surface area (Å²) in [6.45, 7) is 6.87. The molecule has 2 aromatic carbocycles. The molecule has 2 N–H and O–H groups in total. The van der Waals surface area contributed by atoms with Gasteiger partial charge in [0.15, 0.2) is 0 Å². The summed E-state index contributed by atoms with van der Waals surface area (Å²) in [5.41, 5.74) is 3.42. The summed E-state index contributed by atoms with van der Waals surface area (Å²) in [5, 5.41) is 6.67. The third kappa shape index (κ3) is 7.03. The van der Waals surface area contributed by atoms with Crippen molar-refractivity contribution in [3.05, 3.63) is 57.6 Å². The maximum absolute atomic E-state index is 12.6. The monoisotopic (exact) mass is 435 g/mol. The number of nitrogens with zero attached hydrogens (tertiary/aromatic N) is 1. The largest absolute Gasteiger partial charge is 0.324 e. The summed E-state index contributed by atoms with van der Waals surface area (Å²) in [4.78, 5) is 26.9. The maximum atomic E-state index is 12.6. The molecule has 0 aromatic heterocycles. The number of carbonyl (C=O) groups excluding carboxylic acids is 2. The van der Waals surface area contributed by atoms with Crippen LogP contribution in [0.1, 0.15) is 31.4 Å². The van der Waals surface area contributed by atoms with Crippen molar-refractivity contribution >= 4 is 46.4 Å². The molecule has 5 nitrogen and oxygen atoms in total. The Balaban J connectivity index is 2.01. The number of benzene rings is 2. The van der Waals surface area contributed by atoms with Crippen LogP contribution in [0.5, 0.6) is 0 Å². The number of rotatable bonds is 9. The molecular formula is C22H27Cl2N3O2. The van der Waals surface area contributed by atoms with Crippen molar-refractivity contribution in [1.82, 2.24) is 4.90 Å². The molecule has 0 aliphatic rings. The van der Waals surface area contributed by atoms with Crippen LogP contribution in [-0.2, 0) is 16.0 Å². The third-order valence-electron chi connectivity index (χ3n) is 4.48. The van der Waals surface area contributed by atoms with Crippen LogP contribution in [0.4, 0.5) is 11.4 Å². The highest BCUT2D eigenvalue weighted by Crippen LogP contribution is 2.25. The first-order valence-electron chi connectivity index (χ1n) is 9.69. The first-order valence-corrected chi connectivity index (χ1v) is 10.4. The van der Waals surface area contributed by atoms with E-state index in [1.165, 1.54) is 0 Å². The van der Waals surface area contributed by atoms with Crippen molar-refractivity contribution in [2.45, 2.75) is 33.6 Å².